The normalized spacial score (nSPS) is 13.1. The largest absolute Gasteiger partial charge is 0.544 e. The second kappa shape index (κ2) is 25.4. The number of carbonyl (C=O) groups is 1. The molecule has 8 aromatic rings. The van der Waals surface area contributed by atoms with E-state index in [1.54, 1.807) is 45.0 Å². The number of phenols is 1. The van der Waals surface area contributed by atoms with E-state index in [1.807, 2.05) is 54.6 Å². The van der Waals surface area contributed by atoms with Crippen LogP contribution in [0.15, 0.2) is 209 Å². The first kappa shape index (κ1) is 59.8. The van der Waals surface area contributed by atoms with Gasteiger partial charge in [0.2, 0.25) is 0 Å². The monoisotopic (exact) mass is 1060 g/mol. The molecule has 10 heteroatoms. The SMILES string of the molecule is CC(C)(C)C(c1ccccc1)c1ccccc1.CC(C)(C)N1c2ccccc2CCc2ccccc21.CC(C)(C)S(=O)(=O)c1ccc2ccccc2c1.CC(C)(C)c1ccccc1N=Nc1cc(CC([NH3+])C(=O)[O-])ccc1O. The topological polar surface area (TPSA) is 150 Å². The van der Waals surface area contributed by atoms with Crippen molar-refractivity contribution in [1.29, 1.82) is 0 Å². The molecule has 0 saturated carbocycles. The zero-order valence-corrected chi connectivity index (χ0v) is 48.6. The quantitative estimate of drug-likeness (QED) is 0.145. The van der Waals surface area contributed by atoms with Gasteiger partial charge in [-0.2, -0.15) is 5.11 Å². The molecular weight excluding hydrogens is 985 g/mol. The number of rotatable bonds is 8. The van der Waals surface area contributed by atoms with Crippen LogP contribution in [0.2, 0.25) is 0 Å². The maximum Gasteiger partial charge on any atom is 0.183 e. The van der Waals surface area contributed by atoms with Gasteiger partial charge in [0, 0.05) is 29.3 Å². The molecule has 9 rings (SSSR count). The van der Waals surface area contributed by atoms with Gasteiger partial charge < -0.3 is 25.6 Å². The molecule has 8 aromatic carbocycles. The average Bonchev–Trinajstić information content (AvgIpc) is 3.61. The number of fused-ring (bicyclic) bond motifs is 3. The van der Waals surface area contributed by atoms with Crippen LogP contribution in [-0.4, -0.2) is 35.8 Å². The summed E-state index contributed by atoms with van der Waals surface area (Å²) in [7, 11) is -3.27. The standard InChI is InChI=1S/C19H23N3O3.C18H21N.C17H20.C14H16O2S/c1-19(2,3)13-6-4-5-7-15(13)21-22-16-11-12(8-9-17(16)23)10-14(20)18(24)25;1-18(2,3)19-16-10-6-4-8-14(16)12-13-15-9-5-7-11-17(15)19;1-17(2,3)16(14-10-6-4-7-11-14)15-12-8-5-9-13-15;1-14(2,3)17(15,16)13-9-8-11-6-4-5-7-12(11)10-13/h4-9,11,14,23H,10,20H2,1-3H3,(H,24,25);4-11H,12-13H2,1-3H3;4-13,16H,1-3H3;4-10H,1-3H3. The second-order valence-corrected chi connectivity index (χ2v) is 26.7. The van der Waals surface area contributed by atoms with Crippen molar-refractivity contribution in [3.8, 4) is 5.75 Å². The molecule has 4 N–H and O–H groups in total. The predicted octanol–water partition coefficient (Wildman–Crippen LogP) is 15.0. The van der Waals surface area contributed by atoms with E-state index in [2.05, 4.69) is 192 Å². The van der Waals surface area contributed by atoms with Crippen LogP contribution >= 0.6 is 0 Å². The molecule has 0 spiro atoms. The van der Waals surface area contributed by atoms with E-state index >= 15 is 0 Å². The van der Waals surface area contributed by atoms with Gasteiger partial charge in [-0.1, -0.05) is 193 Å². The highest BCUT2D eigenvalue weighted by molar-refractivity contribution is 7.92. The number of carbonyl (C=O) groups excluding carboxylic acids is 1. The van der Waals surface area contributed by atoms with Gasteiger partial charge in [-0.15, -0.1) is 5.11 Å². The lowest BCUT2D eigenvalue weighted by Gasteiger charge is -2.39. The summed E-state index contributed by atoms with van der Waals surface area (Å²) in [5.74, 6) is -0.782. The van der Waals surface area contributed by atoms with Crippen LogP contribution in [0.3, 0.4) is 0 Å². The second-order valence-electron chi connectivity index (χ2n) is 24.0. The van der Waals surface area contributed by atoms with Gasteiger partial charge >= 0.3 is 0 Å². The van der Waals surface area contributed by atoms with Crippen molar-refractivity contribution in [2.75, 3.05) is 4.90 Å². The number of aromatic hydroxyl groups is 1. The van der Waals surface area contributed by atoms with E-state index in [4.69, 9.17) is 0 Å². The van der Waals surface area contributed by atoms with E-state index in [0.29, 0.717) is 16.4 Å². The lowest BCUT2D eigenvalue weighted by molar-refractivity contribution is -0.437. The highest BCUT2D eigenvalue weighted by atomic mass is 32.2. The average molecular weight is 1070 g/mol. The number of phenolic OH excluding ortho intramolecular Hbond substituents is 1. The first-order valence-electron chi connectivity index (χ1n) is 26.8. The van der Waals surface area contributed by atoms with Gasteiger partial charge in [-0.05, 0) is 152 Å². The number of sulfone groups is 1. The third kappa shape index (κ3) is 15.6. The Kier molecular flexibility index (Phi) is 19.5. The molecule has 1 aliphatic rings. The van der Waals surface area contributed by atoms with Gasteiger partial charge in [0.25, 0.3) is 0 Å². The smallest absolute Gasteiger partial charge is 0.183 e. The minimum atomic E-state index is -3.27. The number of aliphatic carboxylic acids is 1. The Labute approximate surface area is 464 Å². The molecule has 0 saturated heterocycles. The highest BCUT2D eigenvalue weighted by Crippen LogP contribution is 2.42. The molecule has 1 aliphatic heterocycles. The molecule has 408 valence electrons. The number of hydrogen-bond donors (Lipinski definition) is 2. The van der Waals surface area contributed by atoms with Crippen molar-refractivity contribution >= 4 is 49.3 Å². The van der Waals surface area contributed by atoms with E-state index in [0.717, 1.165) is 34.9 Å². The van der Waals surface area contributed by atoms with Crippen LogP contribution in [0.5, 0.6) is 5.75 Å². The van der Waals surface area contributed by atoms with E-state index in [9.17, 15) is 23.4 Å². The molecule has 1 heterocycles. The maximum absolute atomic E-state index is 12.3. The molecule has 0 aromatic heterocycles. The summed E-state index contributed by atoms with van der Waals surface area (Å²) in [6, 6.07) is 63.8. The summed E-state index contributed by atoms with van der Waals surface area (Å²) < 4.78 is 23.8. The third-order valence-corrected chi connectivity index (χ3v) is 16.1. The number of benzene rings is 8. The lowest BCUT2D eigenvalue weighted by Crippen LogP contribution is -2.69. The molecule has 0 aliphatic carbocycles. The Morgan fingerprint density at radius 2 is 1.05 bits per heavy atom. The molecular formula is C68H80N4O5S. The summed E-state index contributed by atoms with van der Waals surface area (Å²) in [4.78, 5) is 13.7. The summed E-state index contributed by atoms with van der Waals surface area (Å²) >= 11 is 0. The number of quaternary nitrogens is 1. The summed E-state index contributed by atoms with van der Waals surface area (Å²) in [5.41, 5.74) is 14.9. The van der Waals surface area contributed by atoms with E-state index in [-0.39, 0.29) is 34.2 Å². The van der Waals surface area contributed by atoms with E-state index < -0.39 is 26.6 Å². The molecule has 78 heavy (non-hydrogen) atoms. The Balaban J connectivity index is 0.000000170. The predicted molar refractivity (Wildman–Crippen MR) is 320 cm³/mol. The summed E-state index contributed by atoms with van der Waals surface area (Å²) in [6.45, 7) is 25.2. The van der Waals surface area contributed by atoms with Crippen LogP contribution in [0, 0.1) is 5.41 Å². The van der Waals surface area contributed by atoms with Crippen molar-refractivity contribution in [3.63, 3.8) is 0 Å². The fraction of sp³-hybridized carbons (Fsp3) is 0.309. The van der Waals surface area contributed by atoms with E-state index in [1.165, 1.54) is 39.7 Å². The van der Waals surface area contributed by atoms with Crippen molar-refractivity contribution < 1.29 is 29.2 Å². The lowest BCUT2D eigenvalue weighted by atomic mass is 9.73. The first-order chi connectivity index (χ1) is 36.7. The summed E-state index contributed by atoms with van der Waals surface area (Å²) in [5, 5.41) is 31.3. The zero-order valence-electron chi connectivity index (χ0n) is 47.8. The van der Waals surface area contributed by atoms with Gasteiger partial charge in [-0.3, -0.25) is 0 Å². The number of aryl methyl sites for hydroxylation is 2. The number of para-hydroxylation sites is 2. The summed E-state index contributed by atoms with van der Waals surface area (Å²) in [6.07, 6.45) is 2.45. The maximum atomic E-state index is 12.3. The minimum absolute atomic E-state index is 0.0187. The number of nitrogens with zero attached hydrogens (tertiary/aromatic N) is 3. The van der Waals surface area contributed by atoms with Gasteiger partial charge in [0.15, 0.2) is 9.84 Å². The number of carboxylic acid groups (broad SMARTS) is 1. The molecule has 0 radical (unpaired) electrons. The Morgan fingerprint density at radius 3 is 1.55 bits per heavy atom. The Morgan fingerprint density at radius 1 is 0.577 bits per heavy atom. The molecule has 0 amide bonds. The fourth-order valence-electron chi connectivity index (χ4n) is 9.62. The zero-order chi connectivity index (χ0) is 57.1. The van der Waals surface area contributed by atoms with Crippen molar-refractivity contribution in [1.82, 2.24) is 0 Å². The Hall–Kier alpha value is -7.40. The van der Waals surface area contributed by atoms with Gasteiger partial charge in [-0.25, -0.2) is 8.42 Å². The highest BCUT2D eigenvalue weighted by Gasteiger charge is 2.32. The van der Waals surface area contributed by atoms with Crippen LogP contribution in [0.25, 0.3) is 10.8 Å². The number of azo groups is 1. The molecule has 0 bridgehead atoms. The third-order valence-electron chi connectivity index (χ3n) is 13.6. The minimum Gasteiger partial charge on any atom is -0.544 e. The van der Waals surface area contributed by atoms with Crippen molar-refractivity contribution in [3.05, 3.63) is 228 Å². The molecule has 1 atom stereocenters. The van der Waals surface area contributed by atoms with Crippen LogP contribution in [0.1, 0.15) is 122 Å². The number of hydrogen-bond acceptors (Lipinski definition) is 8. The van der Waals surface area contributed by atoms with Crippen molar-refractivity contribution in [2.45, 2.75) is 135 Å². The van der Waals surface area contributed by atoms with Gasteiger partial charge in [0.05, 0.1) is 21.3 Å². The van der Waals surface area contributed by atoms with Crippen molar-refractivity contribution in [2.24, 2.45) is 15.6 Å². The van der Waals surface area contributed by atoms with Crippen LogP contribution in [0.4, 0.5) is 22.7 Å². The molecule has 1 unspecified atom stereocenters. The van der Waals surface area contributed by atoms with Gasteiger partial charge in [0.1, 0.15) is 17.5 Å². The molecule has 9 nitrogen and oxygen atoms in total. The Bertz CT molecular complexity index is 3320. The first-order valence-corrected chi connectivity index (χ1v) is 28.3. The van der Waals surface area contributed by atoms with Crippen LogP contribution in [-0.2, 0) is 39.3 Å². The number of carboxylic acids is 1. The number of anilines is 2. The van der Waals surface area contributed by atoms with Crippen LogP contribution < -0.4 is 15.7 Å². The fourth-order valence-corrected chi connectivity index (χ4v) is 10.9. The molecule has 0 fully saturated rings.